The van der Waals surface area contributed by atoms with E-state index >= 15 is 0 Å². The first-order valence-corrected chi connectivity index (χ1v) is 8.64. The molecule has 3 rings (SSSR count). The number of nitrogens with one attached hydrogen (secondary N) is 1. The topological polar surface area (TPSA) is 116 Å². The number of aryl methyl sites for hydroxylation is 1. The Labute approximate surface area is 156 Å². The number of carbonyl (C=O) groups is 1. The van der Waals surface area contributed by atoms with Crippen molar-refractivity contribution in [1.82, 2.24) is 20.2 Å². The van der Waals surface area contributed by atoms with Gasteiger partial charge < -0.3 is 5.32 Å². The normalized spacial score (nSPS) is 10.6. The second kappa shape index (κ2) is 7.91. The number of hydrogen-bond acceptors (Lipinski definition) is 7. The van der Waals surface area contributed by atoms with Crippen molar-refractivity contribution in [2.75, 3.05) is 11.1 Å². The predicted molar refractivity (Wildman–Crippen MR) is 96.3 cm³/mol. The summed E-state index contributed by atoms with van der Waals surface area (Å²) < 4.78 is 14.8. The first-order valence-electron chi connectivity index (χ1n) is 7.66. The molecule has 1 N–H and O–H groups in total. The number of nitrogens with zero attached hydrogens (tertiary/aromatic N) is 5. The number of benzene rings is 2. The molecule has 2 aromatic carbocycles. The molecule has 11 heteroatoms. The molecule has 0 aliphatic carbocycles. The van der Waals surface area contributed by atoms with E-state index in [9.17, 15) is 19.3 Å². The molecular formula is C16H13FN6O3S. The van der Waals surface area contributed by atoms with Gasteiger partial charge in [0, 0.05) is 11.8 Å². The van der Waals surface area contributed by atoms with Gasteiger partial charge in [-0.2, -0.15) is 9.07 Å². The van der Waals surface area contributed by atoms with Crippen LogP contribution in [0.1, 0.15) is 5.56 Å². The first-order chi connectivity index (χ1) is 12.9. The van der Waals surface area contributed by atoms with E-state index in [1.54, 1.807) is 0 Å². The van der Waals surface area contributed by atoms with Gasteiger partial charge >= 0.3 is 5.69 Å². The third kappa shape index (κ3) is 4.44. The molecule has 1 aromatic heterocycles. The largest absolute Gasteiger partial charge is 0.325 e. The minimum Gasteiger partial charge on any atom is -0.325 e. The second-order valence-electron chi connectivity index (χ2n) is 5.47. The van der Waals surface area contributed by atoms with Crippen LogP contribution in [0.15, 0.2) is 47.6 Å². The van der Waals surface area contributed by atoms with Crippen molar-refractivity contribution in [3.63, 3.8) is 0 Å². The number of hydrogen-bond donors (Lipinski definition) is 1. The third-order valence-electron chi connectivity index (χ3n) is 3.48. The maximum Gasteiger partial charge on any atom is 0.306 e. The summed E-state index contributed by atoms with van der Waals surface area (Å²) >= 11 is 1.10. The molecule has 3 aromatic rings. The van der Waals surface area contributed by atoms with Crippen LogP contribution in [0.3, 0.4) is 0 Å². The molecule has 0 saturated heterocycles. The van der Waals surface area contributed by atoms with Crippen LogP contribution < -0.4 is 5.32 Å². The number of rotatable bonds is 6. The minimum atomic E-state index is -0.968. The Kier molecular flexibility index (Phi) is 5.41. The molecule has 1 amide bonds. The predicted octanol–water partition coefficient (Wildman–Crippen LogP) is 2.75. The lowest BCUT2D eigenvalue weighted by Gasteiger charge is -2.06. The molecule has 138 valence electrons. The Morgan fingerprint density at radius 1 is 1.30 bits per heavy atom. The Morgan fingerprint density at radius 2 is 2.04 bits per heavy atom. The van der Waals surface area contributed by atoms with Gasteiger partial charge in [-0.1, -0.05) is 29.5 Å². The molecule has 0 fully saturated rings. The van der Waals surface area contributed by atoms with E-state index in [4.69, 9.17) is 0 Å². The molecule has 0 atom stereocenters. The van der Waals surface area contributed by atoms with Gasteiger partial charge in [-0.05, 0) is 41.6 Å². The lowest BCUT2D eigenvalue weighted by molar-refractivity contribution is -0.387. The molecule has 0 bridgehead atoms. The lowest BCUT2D eigenvalue weighted by atomic mass is 10.2. The highest BCUT2D eigenvalue weighted by atomic mass is 32.2. The molecule has 9 nitrogen and oxygen atoms in total. The van der Waals surface area contributed by atoms with Crippen molar-refractivity contribution in [2.24, 2.45) is 0 Å². The molecule has 0 saturated carbocycles. The summed E-state index contributed by atoms with van der Waals surface area (Å²) in [7, 11) is 0. The quantitative estimate of drug-likeness (QED) is 0.392. The van der Waals surface area contributed by atoms with Gasteiger partial charge in [0.25, 0.3) is 0 Å². The van der Waals surface area contributed by atoms with Crippen LogP contribution in [0.25, 0.3) is 5.69 Å². The Hall–Kier alpha value is -3.34. The van der Waals surface area contributed by atoms with Crippen LogP contribution >= 0.6 is 11.8 Å². The van der Waals surface area contributed by atoms with Gasteiger partial charge in [0.05, 0.1) is 16.4 Å². The van der Waals surface area contributed by atoms with Crippen LogP contribution in [0, 0.1) is 22.9 Å². The Bertz CT molecular complexity index is 992. The maximum atomic E-state index is 13.3. The van der Waals surface area contributed by atoms with Crippen LogP contribution in [0.5, 0.6) is 0 Å². The minimum absolute atomic E-state index is 0.0303. The van der Waals surface area contributed by atoms with E-state index in [1.165, 1.54) is 10.7 Å². The summed E-state index contributed by atoms with van der Waals surface area (Å²) in [5, 5.41) is 25.1. The zero-order valence-corrected chi connectivity index (χ0v) is 14.8. The number of halogens is 1. The maximum absolute atomic E-state index is 13.3. The van der Waals surface area contributed by atoms with Crippen LogP contribution in [-0.2, 0) is 4.79 Å². The summed E-state index contributed by atoms with van der Waals surface area (Å²) in [4.78, 5) is 22.0. The first kappa shape index (κ1) is 18.5. The lowest BCUT2D eigenvalue weighted by Crippen LogP contribution is -2.15. The van der Waals surface area contributed by atoms with E-state index < -0.39 is 22.3 Å². The number of nitro benzene ring substituents is 1. The smallest absolute Gasteiger partial charge is 0.306 e. The van der Waals surface area contributed by atoms with Gasteiger partial charge in [-0.25, -0.2) is 0 Å². The average Bonchev–Trinajstić information content (AvgIpc) is 3.10. The summed E-state index contributed by atoms with van der Waals surface area (Å²) in [6.45, 7) is 1.96. The summed E-state index contributed by atoms with van der Waals surface area (Å²) in [5.41, 5.74) is 1.27. The number of tetrazole rings is 1. The fourth-order valence-corrected chi connectivity index (χ4v) is 2.87. The zero-order chi connectivity index (χ0) is 19.4. The number of thioether (sulfide) groups is 1. The van der Waals surface area contributed by atoms with E-state index in [-0.39, 0.29) is 11.4 Å². The van der Waals surface area contributed by atoms with Gasteiger partial charge in [0.15, 0.2) is 0 Å². The van der Waals surface area contributed by atoms with Gasteiger partial charge in [0.1, 0.15) is 0 Å². The average molecular weight is 388 g/mol. The molecule has 27 heavy (non-hydrogen) atoms. The molecule has 1 heterocycles. The van der Waals surface area contributed by atoms with E-state index in [1.807, 2.05) is 31.2 Å². The van der Waals surface area contributed by atoms with Crippen molar-refractivity contribution < 1.29 is 14.1 Å². The highest BCUT2D eigenvalue weighted by molar-refractivity contribution is 7.99. The zero-order valence-electron chi connectivity index (χ0n) is 14.0. The van der Waals surface area contributed by atoms with Crippen molar-refractivity contribution in [1.29, 1.82) is 0 Å². The molecule has 0 spiro atoms. The number of nitro groups is 1. The number of anilines is 1. The van der Waals surface area contributed by atoms with Crippen LogP contribution in [0.2, 0.25) is 0 Å². The molecule has 0 unspecified atom stereocenters. The SMILES string of the molecule is Cc1ccc(-n2nnnc2SCC(=O)Nc2ccc(F)c([N+](=O)[O-])c2)cc1. The van der Waals surface area contributed by atoms with E-state index in [0.29, 0.717) is 5.16 Å². The fraction of sp³-hybridized carbons (Fsp3) is 0.125. The number of amides is 1. The van der Waals surface area contributed by atoms with Gasteiger partial charge in [0.2, 0.25) is 16.9 Å². The van der Waals surface area contributed by atoms with Crippen LogP contribution in [0.4, 0.5) is 15.8 Å². The summed E-state index contributed by atoms with van der Waals surface area (Å²) in [6, 6.07) is 10.7. The van der Waals surface area contributed by atoms with Crippen molar-refractivity contribution in [2.45, 2.75) is 12.1 Å². The van der Waals surface area contributed by atoms with E-state index in [0.717, 1.165) is 35.1 Å². The van der Waals surface area contributed by atoms with Crippen molar-refractivity contribution in [3.8, 4) is 5.69 Å². The molecular weight excluding hydrogens is 375 g/mol. The third-order valence-corrected chi connectivity index (χ3v) is 4.40. The molecule has 0 radical (unpaired) electrons. The Balaban J connectivity index is 1.65. The van der Waals surface area contributed by atoms with Gasteiger partial charge in [-0.15, -0.1) is 5.10 Å². The molecule has 0 aliphatic heterocycles. The number of aromatic nitrogens is 4. The highest BCUT2D eigenvalue weighted by Gasteiger charge is 2.16. The fourth-order valence-electron chi connectivity index (χ4n) is 2.17. The van der Waals surface area contributed by atoms with Crippen molar-refractivity contribution >= 4 is 29.0 Å². The van der Waals surface area contributed by atoms with E-state index in [2.05, 4.69) is 20.8 Å². The standard InChI is InChI=1S/C16H13FN6O3S/c1-10-2-5-12(6-3-10)22-16(19-20-21-22)27-9-15(24)18-11-4-7-13(17)14(8-11)23(25)26/h2-8H,9H2,1H3,(H,18,24). The van der Waals surface area contributed by atoms with Crippen LogP contribution in [-0.4, -0.2) is 36.8 Å². The number of carbonyl (C=O) groups excluding carboxylic acids is 1. The van der Waals surface area contributed by atoms with Crippen molar-refractivity contribution in [3.05, 3.63) is 64.0 Å². The summed E-state index contributed by atoms with van der Waals surface area (Å²) in [5.74, 6) is -1.43. The Morgan fingerprint density at radius 3 is 2.74 bits per heavy atom. The highest BCUT2D eigenvalue weighted by Crippen LogP contribution is 2.23. The molecule has 0 aliphatic rings. The second-order valence-corrected chi connectivity index (χ2v) is 6.41. The summed E-state index contributed by atoms with van der Waals surface area (Å²) in [6.07, 6.45) is 0. The monoisotopic (exact) mass is 388 g/mol. The van der Waals surface area contributed by atoms with Gasteiger partial charge in [-0.3, -0.25) is 14.9 Å².